The van der Waals surface area contributed by atoms with Crippen molar-refractivity contribution in [2.24, 2.45) is 5.41 Å². The zero-order valence-corrected chi connectivity index (χ0v) is 24.9. The molecule has 0 spiro atoms. The van der Waals surface area contributed by atoms with Crippen LogP contribution >= 0.6 is 23.5 Å². The zero-order valence-electron chi connectivity index (χ0n) is 22.4. The van der Waals surface area contributed by atoms with Gasteiger partial charge in [0, 0.05) is 23.4 Å². The lowest BCUT2D eigenvalue weighted by molar-refractivity contribution is -0.129. The van der Waals surface area contributed by atoms with Crippen LogP contribution in [0.5, 0.6) is 0 Å². The first-order valence-electron chi connectivity index (χ1n) is 12.0. The van der Waals surface area contributed by atoms with E-state index in [1.807, 2.05) is 59.7 Å². The molecule has 0 unspecified atom stereocenters. The van der Waals surface area contributed by atoms with Crippen LogP contribution in [0.15, 0.2) is 22.7 Å². The summed E-state index contributed by atoms with van der Waals surface area (Å²) in [5, 5.41) is 0. The van der Waals surface area contributed by atoms with Crippen molar-refractivity contribution in [2.45, 2.75) is 85.8 Å². The molecule has 1 fully saturated rings. The molecular formula is C25H40BrN2O6P. The molecule has 1 saturated heterocycles. The van der Waals surface area contributed by atoms with Crippen molar-refractivity contribution >= 4 is 35.5 Å². The summed E-state index contributed by atoms with van der Waals surface area (Å²) >= 11 is 3.53. The minimum absolute atomic E-state index is 0.111. The van der Waals surface area contributed by atoms with Crippen LogP contribution in [-0.2, 0) is 35.7 Å². The van der Waals surface area contributed by atoms with Crippen LogP contribution < -0.4 is 0 Å². The number of halogens is 1. The van der Waals surface area contributed by atoms with Gasteiger partial charge in [0.15, 0.2) is 0 Å². The fourth-order valence-electron chi connectivity index (χ4n) is 4.45. The van der Waals surface area contributed by atoms with Crippen molar-refractivity contribution in [3.8, 4) is 0 Å². The number of carbonyl (C=O) groups is 2. The maximum absolute atomic E-state index is 13.4. The van der Waals surface area contributed by atoms with Crippen LogP contribution in [0, 0.1) is 5.41 Å². The lowest BCUT2D eigenvalue weighted by atomic mass is 9.91. The SMILES string of the molecule is CCOP(=O)(Cc1cc(Br)cc(C[C@H]2C(=O)N(C)[C@H](C(C)(C)C)N2C(=O)OC(C)(C)C)c1)OCC. The summed E-state index contributed by atoms with van der Waals surface area (Å²) in [6.45, 7) is 15.5. The molecule has 2 atom stereocenters. The van der Waals surface area contributed by atoms with Crippen molar-refractivity contribution < 1.29 is 27.9 Å². The van der Waals surface area contributed by atoms with Crippen molar-refractivity contribution in [3.63, 3.8) is 0 Å². The van der Waals surface area contributed by atoms with Crippen LogP contribution in [0.25, 0.3) is 0 Å². The lowest BCUT2D eigenvalue weighted by Crippen LogP contribution is -2.52. The molecule has 0 bridgehead atoms. The number of nitrogens with zero attached hydrogens (tertiary/aromatic N) is 2. The van der Waals surface area contributed by atoms with Crippen molar-refractivity contribution in [2.75, 3.05) is 20.3 Å². The average molecular weight is 575 g/mol. The van der Waals surface area contributed by atoms with Gasteiger partial charge in [-0.1, -0.05) is 42.8 Å². The maximum atomic E-state index is 13.4. The third-order valence-electron chi connectivity index (χ3n) is 5.45. The van der Waals surface area contributed by atoms with Gasteiger partial charge in [0.05, 0.1) is 19.4 Å². The van der Waals surface area contributed by atoms with Gasteiger partial charge in [-0.25, -0.2) is 4.79 Å². The van der Waals surface area contributed by atoms with Crippen LogP contribution in [0.2, 0.25) is 0 Å². The highest BCUT2D eigenvalue weighted by atomic mass is 79.9. The maximum Gasteiger partial charge on any atom is 0.412 e. The summed E-state index contributed by atoms with van der Waals surface area (Å²) in [5.41, 5.74) is 0.496. The number of likely N-dealkylation sites (N-methyl/N-ethyl adjacent to an activating group) is 1. The number of ether oxygens (including phenoxy) is 1. The molecule has 0 aromatic heterocycles. The number of rotatable bonds is 8. The van der Waals surface area contributed by atoms with Crippen LogP contribution in [0.3, 0.4) is 0 Å². The van der Waals surface area contributed by atoms with Gasteiger partial charge in [0.25, 0.3) is 0 Å². The van der Waals surface area contributed by atoms with Gasteiger partial charge in [-0.3, -0.25) is 14.3 Å². The first-order chi connectivity index (χ1) is 16.0. The van der Waals surface area contributed by atoms with Gasteiger partial charge in [-0.05, 0) is 57.9 Å². The predicted molar refractivity (Wildman–Crippen MR) is 140 cm³/mol. The van der Waals surface area contributed by atoms with Gasteiger partial charge < -0.3 is 18.7 Å². The van der Waals surface area contributed by atoms with E-state index in [1.165, 1.54) is 0 Å². The summed E-state index contributed by atoms with van der Waals surface area (Å²) < 4.78 is 30.5. The number of carbonyl (C=O) groups excluding carboxylic acids is 2. The normalized spacial score (nSPS) is 19.4. The molecule has 1 aromatic rings. The van der Waals surface area contributed by atoms with Crippen molar-refractivity contribution in [1.29, 1.82) is 0 Å². The Hall–Kier alpha value is -1.41. The van der Waals surface area contributed by atoms with Gasteiger partial charge in [0.1, 0.15) is 17.8 Å². The molecule has 1 aromatic carbocycles. The van der Waals surface area contributed by atoms with Gasteiger partial charge >= 0.3 is 13.7 Å². The molecule has 1 heterocycles. The Balaban J connectivity index is 2.44. The molecule has 0 N–H and O–H groups in total. The average Bonchev–Trinajstić information content (AvgIpc) is 2.91. The lowest BCUT2D eigenvalue weighted by Gasteiger charge is -2.39. The standard InChI is InChI=1S/C25H40BrN2O6P/c1-10-32-35(31,33-11-2)16-18-12-17(13-19(26)14-18)15-20-21(29)27(9)22(24(3,4)5)28(20)23(30)34-25(6,7)8/h12-14,20,22H,10-11,15-16H2,1-9H3/t20-,22-/m0/s1. The smallest absolute Gasteiger partial charge is 0.412 e. The summed E-state index contributed by atoms with van der Waals surface area (Å²) in [6, 6.07) is 4.92. The van der Waals surface area contributed by atoms with Crippen molar-refractivity contribution in [3.05, 3.63) is 33.8 Å². The Bertz CT molecular complexity index is 962. The predicted octanol–water partition coefficient (Wildman–Crippen LogP) is 6.21. The Kier molecular flexibility index (Phi) is 9.65. The molecule has 1 aliphatic heterocycles. The Morgan fingerprint density at radius 2 is 1.57 bits per heavy atom. The molecule has 2 amide bonds. The number of benzene rings is 1. The van der Waals surface area contributed by atoms with E-state index in [0.29, 0.717) is 0 Å². The van der Waals surface area contributed by atoms with E-state index in [9.17, 15) is 14.2 Å². The summed E-state index contributed by atoms with van der Waals surface area (Å²) in [7, 11) is -1.58. The number of hydrogen-bond acceptors (Lipinski definition) is 6. The van der Waals surface area contributed by atoms with E-state index >= 15 is 0 Å². The summed E-state index contributed by atoms with van der Waals surface area (Å²) in [6.07, 6.45) is -0.583. The van der Waals surface area contributed by atoms with Crippen LogP contribution in [0.1, 0.15) is 66.5 Å². The third-order valence-corrected chi connectivity index (χ3v) is 7.97. The molecule has 198 valence electrons. The molecule has 0 aliphatic carbocycles. The number of hydrogen-bond donors (Lipinski definition) is 0. The van der Waals surface area contributed by atoms with E-state index in [0.717, 1.165) is 15.6 Å². The van der Waals surface area contributed by atoms with E-state index in [-0.39, 0.29) is 37.1 Å². The van der Waals surface area contributed by atoms with E-state index < -0.39 is 31.5 Å². The second-order valence-corrected chi connectivity index (χ2v) is 13.8. The second-order valence-electron chi connectivity index (χ2n) is 10.9. The molecule has 0 saturated carbocycles. The van der Waals surface area contributed by atoms with E-state index in [2.05, 4.69) is 15.9 Å². The fraction of sp³-hybridized carbons (Fsp3) is 0.680. The minimum atomic E-state index is -3.30. The topological polar surface area (TPSA) is 85.4 Å². The van der Waals surface area contributed by atoms with E-state index in [4.69, 9.17) is 13.8 Å². The van der Waals surface area contributed by atoms with Gasteiger partial charge in [0.2, 0.25) is 5.91 Å². The van der Waals surface area contributed by atoms with Gasteiger partial charge in [-0.2, -0.15) is 0 Å². The van der Waals surface area contributed by atoms with Gasteiger partial charge in [-0.15, -0.1) is 0 Å². The summed E-state index contributed by atoms with van der Waals surface area (Å²) in [5.74, 6) is -0.147. The van der Waals surface area contributed by atoms with Crippen LogP contribution in [0.4, 0.5) is 4.79 Å². The monoisotopic (exact) mass is 574 g/mol. The highest BCUT2D eigenvalue weighted by Crippen LogP contribution is 2.51. The molecule has 10 heteroatoms. The molecule has 2 rings (SSSR count). The van der Waals surface area contributed by atoms with Crippen molar-refractivity contribution in [1.82, 2.24) is 9.80 Å². The molecule has 1 aliphatic rings. The molecule has 35 heavy (non-hydrogen) atoms. The highest BCUT2D eigenvalue weighted by molar-refractivity contribution is 9.10. The molecule has 8 nitrogen and oxygen atoms in total. The highest BCUT2D eigenvalue weighted by Gasteiger charge is 2.52. The first kappa shape index (κ1) is 29.8. The first-order valence-corrected chi connectivity index (χ1v) is 14.5. The fourth-order valence-corrected chi connectivity index (χ4v) is 6.71. The zero-order chi connectivity index (χ0) is 26.8. The Labute approximate surface area is 218 Å². The Morgan fingerprint density at radius 1 is 1.03 bits per heavy atom. The second kappa shape index (κ2) is 11.3. The summed E-state index contributed by atoms with van der Waals surface area (Å²) in [4.78, 5) is 29.9. The molecular weight excluding hydrogens is 535 g/mol. The number of amides is 2. The Morgan fingerprint density at radius 3 is 2.06 bits per heavy atom. The molecule has 0 radical (unpaired) electrons. The minimum Gasteiger partial charge on any atom is -0.444 e. The third kappa shape index (κ3) is 7.78. The quantitative estimate of drug-likeness (QED) is 0.343. The van der Waals surface area contributed by atoms with Crippen LogP contribution in [-0.4, -0.2) is 59.9 Å². The largest absolute Gasteiger partial charge is 0.444 e. The van der Waals surface area contributed by atoms with E-state index in [1.54, 1.807) is 30.7 Å².